The van der Waals surface area contributed by atoms with Crippen LogP contribution in [0.5, 0.6) is 5.75 Å². The summed E-state index contributed by atoms with van der Waals surface area (Å²) in [4.78, 5) is 33.5. The Bertz CT molecular complexity index is 1050. The molecule has 0 atom stereocenters. The first kappa shape index (κ1) is 19.5. The Morgan fingerprint density at radius 2 is 2.04 bits per heavy atom. The van der Waals surface area contributed by atoms with Crippen molar-refractivity contribution in [3.8, 4) is 5.75 Å². The number of amides is 1. The number of carbonyl (C=O) groups is 1. The molecule has 0 spiro atoms. The Balaban J connectivity index is 1.67. The topological polar surface area (TPSA) is 75.3 Å². The number of H-pyrrole nitrogens is 1. The van der Waals surface area contributed by atoms with E-state index in [2.05, 4.69) is 9.97 Å². The fraction of sp³-hybridized carbons (Fsp3) is 0.286. The molecule has 0 aliphatic heterocycles. The summed E-state index contributed by atoms with van der Waals surface area (Å²) in [5.74, 6) is 0.101. The number of aromatic nitrogens is 2. The molecule has 0 saturated carbocycles. The van der Waals surface area contributed by atoms with Gasteiger partial charge in [-0.2, -0.15) is 0 Å². The summed E-state index contributed by atoms with van der Waals surface area (Å²) in [5, 5.41) is 0.522. The lowest BCUT2D eigenvalue weighted by Gasteiger charge is -2.21. The van der Waals surface area contributed by atoms with Crippen molar-refractivity contribution in [2.75, 3.05) is 13.7 Å². The fourth-order valence-corrected chi connectivity index (χ4v) is 3.04. The predicted molar refractivity (Wildman–Crippen MR) is 105 cm³/mol. The maximum atomic E-state index is 13.9. The molecule has 1 amide bonds. The lowest BCUT2D eigenvalue weighted by molar-refractivity contribution is -0.131. The molecule has 28 heavy (non-hydrogen) atoms. The van der Waals surface area contributed by atoms with E-state index in [9.17, 15) is 14.0 Å². The van der Waals surface area contributed by atoms with Gasteiger partial charge < -0.3 is 14.6 Å². The number of benzene rings is 2. The van der Waals surface area contributed by atoms with Crippen LogP contribution in [-0.4, -0.2) is 34.4 Å². The largest absolute Gasteiger partial charge is 0.494 e. The summed E-state index contributed by atoms with van der Waals surface area (Å²) in [6, 6.07) is 11.7. The van der Waals surface area contributed by atoms with Gasteiger partial charge in [-0.3, -0.25) is 9.59 Å². The molecule has 2 aromatic carbocycles. The highest BCUT2D eigenvalue weighted by Gasteiger charge is 2.14. The third-order valence-electron chi connectivity index (χ3n) is 4.56. The quantitative estimate of drug-likeness (QED) is 0.680. The van der Waals surface area contributed by atoms with Crippen LogP contribution in [0.25, 0.3) is 10.9 Å². The van der Waals surface area contributed by atoms with Crippen molar-refractivity contribution in [2.24, 2.45) is 0 Å². The number of aryl methyl sites for hydroxylation is 1. The number of nitrogens with zero attached hydrogens (tertiary/aromatic N) is 2. The van der Waals surface area contributed by atoms with Gasteiger partial charge in [0, 0.05) is 25.9 Å². The fourth-order valence-electron chi connectivity index (χ4n) is 3.04. The summed E-state index contributed by atoms with van der Waals surface area (Å²) < 4.78 is 18.8. The Kier molecular flexibility index (Phi) is 6.03. The zero-order valence-corrected chi connectivity index (χ0v) is 15.9. The Hall–Kier alpha value is -3.22. The number of methoxy groups -OCH3 is 1. The van der Waals surface area contributed by atoms with Gasteiger partial charge >= 0.3 is 0 Å². The predicted octanol–water partition coefficient (Wildman–Crippen LogP) is 3.05. The molecule has 1 aromatic heterocycles. The summed E-state index contributed by atoms with van der Waals surface area (Å²) in [5.41, 5.74) is 1.08. The number of aromatic amines is 1. The van der Waals surface area contributed by atoms with Gasteiger partial charge in [0.25, 0.3) is 5.56 Å². The molecule has 7 heteroatoms. The van der Waals surface area contributed by atoms with Crippen LogP contribution in [0.2, 0.25) is 0 Å². The van der Waals surface area contributed by atoms with Crippen LogP contribution < -0.4 is 10.3 Å². The molecule has 0 aliphatic carbocycles. The van der Waals surface area contributed by atoms with Crippen LogP contribution >= 0.6 is 0 Å². The molecule has 0 radical (unpaired) electrons. The van der Waals surface area contributed by atoms with E-state index < -0.39 is 5.82 Å². The zero-order chi connectivity index (χ0) is 20.1. The highest BCUT2D eigenvalue weighted by atomic mass is 19.1. The van der Waals surface area contributed by atoms with Gasteiger partial charge in [-0.15, -0.1) is 0 Å². The molecule has 3 aromatic rings. The van der Waals surface area contributed by atoms with E-state index >= 15 is 0 Å². The van der Waals surface area contributed by atoms with Crippen molar-refractivity contribution in [1.82, 2.24) is 14.9 Å². The Morgan fingerprint density at radius 1 is 1.25 bits per heavy atom. The molecule has 6 nitrogen and oxygen atoms in total. The van der Waals surface area contributed by atoms with Crippen molar-refractivity contribution in [1.29, 1.82) is 0 Å². The first-order valence-electron chi connectivity index (χ1n) is 9.10. The van der Waals surface area contributed by atoms with Crippen LogP contribution in [0.1, 0.15) is 24.7 Å². The molecule has 3 rings (SSSR count). The molecule has 0 saturated heterocycles. The second-order valence-electron chi connectivity index (χ2n) is 6.41. The highest BCUT2D eigenvalue weighted by molar-refractivity contribution is 5.78. The number of hydrogen-bond donors (Lipinski definition) is 1. The SMILES string of the molecule is CCN(Cc1ccc(OC)c(F)c1)C(=O)CCc1nc2ccccc2c(=O)[nH]1. The normalized spacial score (nSPS) is 10.8. The number of para-hydroxylation sites is 1. The summed E-state index contributed by atoms with van der Waals surface area (Å²) in [6.45, 7) is 2.67. The van der Waals surface area contributed by atoms with Crippen LogP contribution in [-0.2, 0) is 17.8 Å². The lowest BCUT2D eigenvalue weighted by Crippen LogP contribution is -2.30. The van der Waals surface area contributed by atoms with Crippen LogP contribution in [0, 0.1) is 5.82 Å². The summed E-state index contributed by atoms with van der Waals surface area (Å²) in [7, 11) is 1.41. The van der Waals surface area contributed by atoms with Gasteiger partial charge in [-0.05, 0) is 36.8 Å². The third-order valence-corrected chi connectivity index (χ3v) is 4.56. The van der Waals surface area contributed by atoms with E-state index in [1.807, 2.05) is 13.0 Å². The van der Waals surface area contributed by atoms with E-state index in [0.29, 0.717) is 41.8 Å². The van der Waals surface area contributed by atoms with Gasteiger partial charge in [-0.1, -0.05) is 18.2 Å². The molecule has 0 aliphatic rings. The molecular weight excluding hydrogens is 361 g/mol. The van der Waals surface area contributed by atoms with Crippen molar-refractivity contribution in [3.63, 3.8) is 0 Å². The second-order valence-corrected chi connectivity index (χ2v) is 6.41. The Morgan fingerprint density at radius 3 is 2.75 bits per heavy atom. The number of fused-ring (bicyclic) bond motifs is 1. The summed E-state index contributed by atoms with van der Waals surface area (Å²) >= 11 is 0. The molecule has 146 valence electrons. The second kappa shape index (κ2) is 8.65. The summed E-state index contributed by atoms with van der Waals surface area (Å²) in [6.07, 6.45) is 0.528. The number of nitrogens with one attached hydrogen (secondary N) is 1. The minimum atomic E-state index is -0.457. The van der Waals surface area contributed by atoms with Gasteiger partial charge in [0.2, 0.25) is 5.91 Å². The van der Waals surface area contributed by atoms with E-state index in [0.717, 1.165) is 0 Å². The molecular formula is C21H22FN3O3. The number of halogens is 1. The van der Waals surface area contributed by atoms with E-state index in [1.165, 1.54) is 13.2 Å². The monoisotopic (exact) mass is 383 g/mol. The van der Waals surface area contributed by atoms with Crippen molar-refractivity contribution in [2.45, 2.75) is 26.3 Å². The van der Waals surface area contributed by atoms with Crippen molar-refractivity contribution in [3.05, 3.63) is 70.0 Å². The first-order valence-corrected chi connectivity index (χ1v) is 9.10. The standard InChI is InChI=1S/C21H22FN3O3/c1-3-25(13-14-8-9-18(28-2)16(22)12-14)20(26)11-10-19-23-17-7-5-4-6-15(17)21(27)24-19/h4-9,12H,3,10-11,13H2,1-2H3,(H,23,24,27). The molecule has 1 heterocycles. The van der Waals surface area contributed by atoms with Gasteiger partial charge in [0.15, 0.2) is 11.6 Å². The third kappa shape index (κ3) is 4.36. The highest BCUT2D eigenvalue weighted by Crippen LogP contribution is 2.19. The molecule has 0 bridgehead atoms. The minimum absolute atomic E-state index is 0.0884. The zero-order valence-electron chi connectivity index (χ0n) is 15.9. The lowest BCUT2D eigenvalue weighted by atomic mass is 10.1. The average molecular weight is 383 g/mol. The number of ether oxygens (including phenoxy) is 1. The number of hydrogen-bond acceptors (Lipinski definition) is 4. The van der Waals surface area contributed by atoms with Crippen LogP contribution in [0.3, 0.4) is 0 Å². The molecule has 0 fully saturated rings. The van der Waals surface area contributed by atoms with Crippen LogP contribution in [0.4, 0.5) is 4.39 Å². The van der Waals surface area contributed by atoms with Gasteiger partial charge in [0.05, 0.1) is 18.0 Å². The maximum Gasteiger partial charge on any atom is 0.258 e. The smallest absolute Gasteiger partial charge is 0.258 e. The van der Waals surface area contributed by atoms with Gasteiger partial charge in [-0.25, -0.2) is 9.37 Å². The van der Waals surface area contributed by atoms with Gasteiger partial charge in [0.1, 0.15) is 5.82 Å². The maximum absolute atomic E-state index is 13.9. The molecule has 1 N–H and O–H groups in total. The minimum Gasteiger partial charge on any atom is -0.494 e. The van der Waals surface area contributed by atoms with Crippen LogP contribution in [0.15, 0.2) is 47.3 Å². The van der Waals surface area contributed by atoms with E-state index in [-0.39, 0.29) is 23.6 Å². The molecule has 0 unspecified atom stereocenters. The number of rotatable bonds is 7. The van der Waals surface area contributed by atoms with E-state index in [4.69, 9.17) is 4.74 Å². The Labute approximate surface area is 162 Å². The first-order chi connectivity index (χ1) is 13.5. The number of carbonyl (C=O) groups excluding carboxylic acids is 1. The van der Waals surface area contributed by atoms with Crippen molar-refractivity contribution < 1.29 is 13.9 Å². The van der Waals surface area contributed by atoms with Crippen molar-refractivity contribution >= 4 is 16.8 Å². The average Bonchev–Trinajstić information content (AvgIpc) is 2.70. The van der Waals surface area contributed by atoms with E-state index in [1.54, 1.807) is 35.2 Å².